The molecule has 0 unspecified atom stereocenters. The summed E-state index contributed by atoms with van der Waals surface area (Å²) in [5.74, 6) is -1.49. The molecule has 0 radical (unpaired) electrons. The van der Waals surface area contributed by atoms with Crippen LogP contribution in [-0.4, -0.2) is 73.2 Å². The van der Waals surface area contributed by atoms with Crippen LogP contribution in [0.25, 0.3) is 0 Å². The Morgan fingerprint density at radius 1 is 1.14 bits per heavy atom. The van der Waals surface area contributed by atoms with Crippen molar-refractivity contribution in [3.8, 4) is 0 Å². The first-order valence-electron chi connectivity index (χ1n) is 6.36. The van der Waals surface area contributed by atoms with Crippen molar-refractivity contribution in [3.63, 3.8) is 0 Å². The molecule has 0 bridgehead atoms. The SMILES string of the molecule is C[C@@H](O)[C@@H](O)[C@H](O)[C@@H](O)CNC(=O)c1cnc(C(N)=O)cn1. The minimum Gasteiger partial charge on any atom is -0.391 e. The molecule has 1 aromatic heterocycles. The Hall–Kier alpha value is -2.14. The molecule has 10 nitrogen and oxygen atoms in total. The molecule has 1 heterocycles. The lowest BCUT2D eigenvalue weighted by Crippen LogP contribution is -2.48. The quantitative estimate of drug-likeness (QED) is 0.304. The van der Waals surface area contributed by atoms with Gasteiger partial charge in [0.15, 0.2) is 0 Å². The fourth-order valence-electron chi connectivity index (χ4n) is 1.49. The predicted octanol–water partition coefficient (Wildman–Crippen LogP) is -3.23. The fourth-order valence-corrected chi connectivity index (χ4v) is 1.49. The third kappa shape index (κ3) is 4.70. The number of nitrogens with two attached hydrogens (primary N) is 1. The molecule has 0 fully saturated rings. The van der Waals surface area contributed by atoms with Crippen LogP contribution in [0.4, 0.5) is 0 Å². The van der Waals surface area contributed by atoms with E-state index >= 15 is 0 Å². The first-order valence-corrected chi connectivity index (χ1v) is 6.36. The van der Waals surface area contributed by atoms with Gasteiger partial charge in [0.1, 0.15) is 23.6 Å². The second-order valence-corrected chi connectivity index (χ2v) is 4.65. The van der Waals surface area contributed by atoms with Crippen LogP contribution in [0, 0.1) is 0 Å². The summed E-state index contributed by atoms with van der Waals surface area (Å²) in [6.07, 6.45) is -3.87. The average molecular weight is 314 g/mol. The Labute approximate surface area is 125 Å². The maximum atomic E-state index is 11.7. The highest BCUT2D eigenvalue weighted by Crippen LogP contribution is 2.04. The minimum absolute atomic E-state index is 0.105. The van der Waals surface area contributed by atoms with Crippen molar-refractivity contribution < 1.29 is 30.0 Å². The Balaban J connectivity index is 2.56. The number of carbonyl (C=O) groups is 2. The van der Waals surface area contributed by atoms with E-state index in [2.05, 4.69) is 15.3 Å². The molecular formula is C12H18N4O6. The van der Waals surface area contributed by atoms with E-state index in [9.17, 15) is 24.9 Å². The van der Waals surface area contributed by atoms with E-state index in [1.54, 1.807) is 0 Å². The molecule has 0 aliphatic heterocycles. The van der Waals surface area contributed by atoms with Crippen LogP contribution in [0.3, 0.4) is 0 Å². The number of rotatable bonds is 7. The summed E-state index contributed by atoms with van der Waals surface area (Å²) < 4.78 is 0. The second-order valence-electron chi connectivity index (χ2n) is 4.65. The molecule has 0 aliphatic carbocycles. The molecule has 4 atom stereocenters. The number of primary amides is 1. The van der Waals surface area contributed by atoms with Gasteiger partial charge in [-0.1, -0.05) is 0 Å². The van der Waals surface area contributed by atoms with Gasteiger partial charge in [0, 0.05) is 6.54 Å². The van der Waals surface area contributed by atoms with Gasteiger partial charge in [-0.05, 0) is 6.92 Å². The highest BCUT2D eigenvalue weighted by atomic mass is 16.4. The molecular weight excluding hydrogens is 296 g/mol. The molecule has 0 aromatic carbocycles. The normalized spacial score (nSPS) is 16.4. The van der Waals surface area contributed by atoms with Crippen LogP contribution in [-0.2, 0) is 0 Å². The van der Waals surface area contributed by atoms with Crippen LogP contribution in [0.5, 0.6) is 0 Å². The van der Waals surface area contributed by atoms with Gasteiger partial charge in [-0.15, -0.1) is 0 Å². The van der Waals surface area contributed by atoms with Gasteiger partial charge >= 0.3 is 0 Å². The van der Waals surface area contributed by atoms with E-state index in [0.717, 1.165) is 12.4 Å². The van der Waals surface area contributed by atoms with Crippen molar-refractivity contribution in [1.29, 1.82) is 0 Å². The Morgan fingerprint density at radius 3 is 2.14 bits per heavy atom. The number of aliphatic hydroxyl groups is 4. The van der Waals surface area contributed by atoms with Crippen molar-refractivity contribution in [2.45, 2.75) is 31.3 Å². The molecule has 0 saturated heterocycles. The van der Waals surface area contributed by atoms with Gasteiger partial charge < -0.3 is 31.5 Å². The summed E-state index contributed by atoms with van der Waals surface area (Å²) >= 11 is 0. The molecule has 2 amide bonds. The van der Waals surface area contributed by atoms with Crippen molar-refractivity contribution in [2.75, 3.05) is 6.54 Å². The lowest BCUT2D eigenvalue weighted by molar-refractivity contribution is -0.0981. The van der Waals surface area contributed by atoms with Crippen molar-refractivity contribution in [2.24, 2.45) is 5.73 Å². The monoisotopic (exact) mass is 314 g/mol. The molecule has 10 heteroatoms. The number of nitrogens with zero attached hydrogens (tertiary/aromatic N) is 2. The maximum absolute atomic E-state index is 11.7. The first-order chi connectivity index (χ1) is 10.2. The standard InChI is InChI=1S/C12H18N4O6/c1-5(17)9(19)10(20)8(18)4-16-12(22)7-3-14-6(2-15-7)11(13)21/h2-3,5,8-10,17-20H,4H2,1H3,(H2,13,21)(H,16,22)/t5-,8+,9-,10-/m1/s1. The number of nitrogens with one attached hydrogen (secondary N) is 1. The molecule has 0 saturated carbocycles. The largest absolute Gasteiger partial charge is 0.391 e. The Kier molecular flexibility index (Phi) is 6.31. The van der Waals surface area contributed by atoms with Gasteiger partial charge in [0.05, 0.1) is 24.6 Å². The van der Waals surface area contributed by atoms with Crippen molar-refractivity contribution in [1.82, 2.24) is 15.3 Å². The smallest absolute Gasteiger partial charge is 0.271 e. The number of hydrogen-bond donors (Lipinski definition) is 6. The van der Waals surface area contributed by atoms with E-state index in [1.165, 1.54) is 6.92 Å². The zero-order valence-electron chi connectivity index (χ0n) is 11.7. The third-order valence-electron chi connectivity index (χ3n) is 2.85. The second kappa shape index (κ2) is 7.75. The summed E-state index contributed by atoms with van der Waals surface area (Å²) in [5, 5.41) is 39.9. The van der Waals surface area contributed by atoms with Crippen LogP contribution < -0.4 is 11.1 Å². The number of carbonyl (C=O) groups excluding carboxylic acids is 2. The summed E-state index contributed by atoms with van der Waals surface area (Å²) in [5.41, 5.74) is 4.75. The molecule has 7 N–H and O–H groups in total. The van der Waals surface area contributed by atoms with Crippen LogP contribution in [0.1, 0.15) is 27.9 Å². The van der Waals surface area contributed by atoms with Crippen LogP contribution >= 0.6 is 0 Å². The van der Waals surface area contributed by atoms with E-state index in [1.807, 2.05) is 0 Å². The number of aliphatic hydroxyl groups excluding tert-OH is 4. The van der Waals surface area contributed by atoms with E-state index in [0.29, 0.717) is 0 Å². The summed E-state index contributed by atoms with van der Waals surface area (Å²) in [6, 6.07) is 0. The van der Waals surface area contributed by atoms with E-state index < -0.39 is 36.2 Å². The molecule has 1 aromatic rings. The third-order valence-corrected chi connectivity index (χ3v) is 2.85. The zero-order chi connectivity index (χ0) is 16.9. The van der Waals surface area contributed by atoms with E-state index in [4.69, 9.17) is 10.8 Å². The highest BCUT2D eigenvalue weighted by Gasteiger charge is 2.28. The van der Waals surface area contributed by atoms with Gasteiger partial charge in [0.25, 0.3) is 11.8 Å². The molecule has 0 spiro atoms. The van der Waals surface area contributed by atoms with Crippen molar-refractivity contribution in [3.05, 3.63) is 23.8 Å². The predicted molar refractivity (Wildman–Crippen MR) is 72.6 cm³/mol. The van der Waals surface area contributed by atoms with Gasteiger partial charge in [0.2, 0.25) is 0 Å². The highest BCUT2D eigenvalue weighted by molar-refractivity contribution is 5.93. The Morgan fingerprint density at radius 2 is 1.68 bits per heavy atom. The zero-order valence-corrected chi connectivity index (χ0v) is 11.7. The lowest BCUT2D eigenvalue weighted by atomic mass is 10.0. The Bertz CT molecular complexity index is 521. The number of aromatic nitrogens is 2. The summed E-state index contributed by atoms with van der Waals surface area (Å²) in [4.78, 5) is 29.8. The fraction of sp³-hybridized carbons (Fsp3) is 0.500. The molecule has 1 rings (SSSR count). The van der Waals surface area contributed by atoms with Gasteiger partial charge in [-0.25, -0.2) is 9.97 Å². The lowest BCUT2D eigenvalue weighted by Gasteiger charge is -2.24. The summed E-state index contributed by atoms with van der Waals surface area (Å²) in [6.45, 7) is 0.859. The minimum atomic E-state index is -1.64. The van der Waals surface area contributed by atoms with Crippen molar-refractivity contribution >= 4 is 11.8 Å². The average Bonchev–Trinajstić information content (AvgIpc) is 2.50. The summed E-state index contributed by atoms with van der Waals surface area (Å²) in [7, 11) is 0. The number of amides is 2. The van der Waals surface area contributed by atoms with E-state index in [-0.39, 0.29) is 17.9 Å². The van der Waals surface area contributed by atoms with Crippen LogP contribution in [0.15, 0.2) is 12.4 Å². The topological polar surface area (TPSA) is 179 Å². The molecule has 22 heavy (non-hydrogen) atoms. The first kappa shape index (κ1) is 17.9. The van der Waals surface area contributed by atoms with Gasteiger partial charge in [-0.3, -0.25) is 9.59 Å². The molecule has 122 valence electrons. The molecule has 0 aliphatic rings. The van der Waals surface area contributed by atoms with Crippen LogP contribution in [0.2, 0.25) is 0 Å². The maximum Gasteiger partial charge on any atom is 0.271 e. The van der Waals surface area contributed by atoms with Gasteiger partial charge in [-0.2, -0.15) is 0 Å². The number of hydrogen-bond acceptors (Lipinski definition) is 8.